The Bertz CT molecular complexity index is 589. The van der Waals surface area contributed by atoms with Gasteiger partial charge < -0.3 is 5.32 Å². The number of hydrogen-bond donors (Lipinski definition) is 1. The number of carbonyl (C=O) groups is 1. The molecule has 0 aliphatic carbocycles. The maximum absolute atomic E-state index is 12.0. The molecule has 7 heteroatoms. The second-order valence-electron chi connectivity index (χ2n) is 3.30. The van der Waals surface area contributed by atoms with Crippen molar-refractivity contribution in [2.45, 2.75) is 0 Å². The highest BCUT2D eigenvalue weighted by Gasteiger charge is 2.11. The van der Waals surface area contributed by atoms with Gasteiger partial charge in [-0.3, -0.25) is 4.79 Å². The number of halogens is 3. The molecular weight excluding hydrogens is 385 g/mol. The van der Waals surface area contributed by atoms with Crippen molar-refractivity contribution in [2.24, 2.45) is 0 Å². The Kier molecular flexibility index (Phi) is 4.31. The van der Waals surface area contributed by atoms with Crippen LogP contribution in [-0.4, -0.2) is 15.9 Å². The molecule has 0 aliphatic rings. The lowest BCUT2D eigenvalue weighted by atomic mass is 10.2. The monoisotopic (exact) mass is 389 g/mol. The number of amides is 1. The van der Waals surface area contributed by atoms with Gasteiger partial charge in [-0.05, 0) is 50.1 Å². The normalized spacial score (nSPS) is 10.2. The first-order chi connectivity index (χ1) is 8.56. The van der Waals surface area contributed by atoms with Crippen molar-refractivity contribution < 1.29 is 4.79 Å². The van der Waals surface area contributed by atoms with Crippen molar-refractivity contribution in [2.75, 3.05) is 5.32 Å². The van der Waals surface area contributed by atoms with Gasteiger partial charge in [0.05, 0.1) is 18.0 Å². The smallest absolute Gasteiger partial charge is 0.258 e. The van der Waals surface area contributed by atoms with Crippen LogP contribution in [0.3, 0.4) is 0 Å². The molecule has 92 valence electrons. The van der Waals surface area contributed by atoms with E-state index in [4.69, 9.17) is 11.6 Å². The Morgan fingerprint density at radius 1 is 1.22 bits per heavy atom. The molecule has 1 N–H and O–H groups in total. The highest BCUT2D eigenvalue weighted by atomic mass is 79.9. The lowest BCUT2D eigenvalue weighted by molar-refractivity contribution is 0.102. The van der Waals surface area contributed by atoms with Crippen LogP contribution in [0.1, 0.15) is 10.4 Å². The van der Waals surface area contributed by atoms with Crippen LogP contribution in [0.5, 0.6) is 0 Å². The van der Waals surface area contributed by atoms with E-state index in [1.165, 1.54) is 12.4 Å². The van der Waals surface area contributed by atoms with Gasteiger partial charge in [-0.1, -0.05) is 11.6 Å². The largest absolute Gasteiger partial charge is 0.305 e. The third-order valence-electron chi connectivity index (χ3n) is 2.03. The molecule has 0 saturated carbocycles. The van der Waals surface area contributed by atoms with E-state index in [9.17, 15) is 4.79 Å². The van der Waals surface area contributed by atoms with Crippen LogP contribution in [0, 0.1) is 0 Å². The Labute approximate surface area is 125 Å². The van der Waals surface area contributed by atoms with Gasteiger partial charge in [0, 0.05) is 9.50 Å². The van der Waals surface area contributed by atoms with E-state index in [2.05, 4.69) is 47.1 Å². The predicted octanol–water partition coefficient (Wildman–Crippen LogP) is 3.91. The van der Waals surface area contributed by atoms with Gasteiger partial charge in [0.1, 0.15) is 4.60 Å². The first-order valence-corrected chi connectivity index (χ1v) is 6.76. The maximum Gasteiger partial charge on any atom is 0.258 e. The molecule has 1 aromatic heterocycles. The van der Waals surface area contributed by atoms with E-state index >= 15 is 0 Å². The van der Waals surface area contributed by atoms with Crippen LogP contribution in [-0.2, 0) is 0 Å². The van der Waals surface area contributed by atoms with E-state index in [-0.39, 0.29) is 5.91 Å². The van der Waals surface area contributed by atoms with Crippen molar-refractivity contribution in [1.29, 1.82) is 0 Å². The molecule has 1 aromatic carbocycles. The summed E-state index contributed by atoms with van der Waals surface area (Å²) in [5.74, 6) is 0.0658. The summed E-state index contributed by atoms with van der Waals surface area (Å²) in [4.78, 5) is 20.0. The van der Waals surface area contributed by atoms with Gasteiger partial charge in [0.25, 0.3) is 5.91 Å². The predicted molar refractivity (Wildman–Crippen MR) is 76.8 cm³/mol. The van der Waals surface area contributed by atoms with Gasteiger partial charge in [-0.15, -0.1) is 0 Å². The molecule has 1 amide bonds. The molecule has 2 aromatic rings. The lowest BCUT2D eigenvalue weighted by Gasteiger charge is -2.06. The van der Waals surface area contributed by atoms with Crippen molar-refractivity contribution in [3.05, 3.63) is 50.3 Å². The molecule has 0 unspecified atom stereocenters. The second kappa shape index (κ2) is 5.77. The molecule has 2 rings (SSSR count). The van der Waals surface area contributed by atoms with Crippen molar-refractivity contribution >= 4 is 55.2 Å². The molecule has 0 bridgehead atoms. The fourth-order valence-electron chi connectivity index (χ4n) is 1.23. The second-order valence-corrected chi connectivity index (χ2v) is 5.41. The van der Waals surface area contributed by atoms with Crippen molar-refractivity contribution in [3.63, 3.8) is 0 Å². The van der Waals surface area contributed by atoms with Crippen molar-refractivity contribution in [1.82, 2.24) is 9.97 Å². The van der Waals surface area contributed by atoms with Crippen LogP contribution in [0.25, 0.3) is 0 Å². The maximum atomic E-state index is 12.0. The zero-order valence-electron chi connectivity index (χ0n) is 8.82. The van der Waals surface area contributed by atoms with Gasteiger partial charge >= 0.3 is 0 Å². The molecule has 0 aliphatic heterocycles. The number of aromatic nitrogens is 2. The van der Waals surface area contributed by atoms with E-state index in [1.54, 1.807) is 18.2 Å². The van der Waals surface area contributed by atoms with Gasteiger partial charge in [0.15, 0.2) is 5.82 Å². The van der Waals surface area contributed by atoms with Crippen LogP contribution in [0.4, 0.5) is 5.82 Å². The minimum absolute atomic E-state index is 0.305. The highest BCUT2D eigenvalue weighted by molar-refractivity contribution is 9.10. The summed E-state index contributed by atoms with van der Waals surface area (Å²) in [6, 6.07) is 4.99. The van der Waals surface area contributed by atoms with Gasteiger partial charge in [-0.2, -0.15) is 0 Å². The summed E-state index contributed by atoms with van der Waals surface area (Å²) in [5.41, 5.74) is 0.437. The molecule has 18 heavy (non-hydrogen) atoms. The first kappa shape index (κ1) is 13.5. The minimum Gasteiger partial charge on any atom is -0.305 e. The third-order valence-corrected chi connectivity index (χ3v) is 3.37. The average Bonchev–Trinajstić information content (AvgIpc) is 2.35. The molecular formula is C11H6Br2ClN3O. The Hall–Kier alpha value is -0.980. The lowest BCUT2D eigenvalue weighted by Crippen LogP contribution is -2.13. The van der Waals surface area contributed by atoms with Crippen molar-refractivity contribution in [3.8, 4) is 0 Å². The van der Waals surface area contributed by atoms with Crippen LogP contribution >= 0.6 is 43.5 Å². The number of carbonyl (C=O) groups excluding carboxylic acids is 1. The molecule has 1 heterocycles. The molecule has 0 fully saturated rings. The standard InChI is InChI=1S/C11H6Br2ClN3O/c12-8-2-1-6(14)3-7(8)11(18)17-10-5-15-9(13)4-16-10/h1-5H,(H,16,17,18). The van der Waals surface area contributed by atoms with E-state index in [0.717, 1.165) is 0 Å². The number of benzene rings is 1. The molecule has 0 saturated heterocycles. The fraction of sp³-hybridized carbons (Fsp3) is 0. The summed E-state index contributed by atoms with van der Waals surface area (Å²) < 4.78 is 1.26. The average molecular weight is 391 g/mol. The van der Waals surface area contributed by atoms with Crippen LogP contribution in [0.2, 0.25) is 5.02 Å². The fourth-order valence-corrected chi connectivity index (χ4v) is 2.04. The highest BCUT2D eigenvalue weighted by Crippen LogP contribution is 2.22. The number of nitrogens with zero attached hydrogens (tertiary/aromatic N) is 2. The van der Waals surface area contributed by atoms with E-state index in [1.807, 2.05) is 0 Å². The summed E-state index contributed by atoms with van der Waals surface area (Å²) in [6.07, 6.45) is 2.96. The minimum atomic E-state index is -0.305. The summed E-state index contributed by atoms with van der Waals surface area (Å²) in [5, 5.41) is 3.12. The molecule has 0 spiro atoms. The molecule has 0 radical (unpaired) electrons. The summed E-state index contributed by atoms with van der Waals surface area (Å²) >= 11 is 12.3. The summed E-state index contributed by atoms with van der Waals surface area (Å²) in [7, 11) is 0. The van der Waals surface area contributed by atoms with Crippen LogP contribution < -0.4 is 5.32 Å². The third kappa shape index (κ3) is 3.28. The summed E-state index contributed by atoms with van der Waals surface area (Å²) in [6.45, 7) is 0. The SMILES string of the molecule is O=C(Nc1cnc(Br)cn1)c1cc(Cl)ccc1Br. The van der Waals surface area contributed by atoms with E-state index in [0.29, 0.717) is 25.5 Å². The first-order valence-electron chi connectivity index (χ1n) is 4.80. The van der Waals surface area contributed by atoms with Gasteiger partial charge in [-0.25, -0.2) is 9.97 Å². The van der Waals surface area contributed by atoms with E-state index < -0.39 is 0 Å². The van der Waals surface area contributed by atoms with Crippen LogP contribution in [0.15, 0.2) is 39.7 Å². The quantitative estimate of drug-likeness (QED) is 0.845. The number of hydrogen-bond acceptors (Lipinski definition) is 3. The molecule has 4 nitrogen and oxygen atoms in total. The Balaban J connectivity index is 2.21. The Morgan fingerprint density at radius 2 is 2.00 bits per heavy atom. The van der Waals surface area contributed by atoms with Gasteiger partial charge in [0.2, 0.25) is 0 Å². The number of nitrogens with one attached hydrogen (secondary N) is 1. The number of anilines is 1. The Morgan fingerprint density at radius 3 is 2.67 bits per heavy atom. The number of rotatable bonds is 2. The zero-order valence-corrected chi connectivity index (χ0v) is 12.8. The molecule has 0 atom stereocenters. The topological polar surface area (TPSA) is 54.9 Å². The zero-order chi connectivity index (χ0) is 13.1.